The van der Waals surface area contributed by atoms with Gasteiger partial charge in [-0.15, -0.1) is 0 Å². The van der Waals surface area contributed by atoms with Crippen LogP contribution in [-0.4, -0.2) is 47.6 Å². The Labute approximate surface area is 337 Å². The van der Waals surface area contributed by atoms with Crippen molar-refractivity contribution < 1.29 is 24.2 Å². The second-order valence-corrected chi connectivity index (χ2v) is 15.6. The molecule has 0 saturated carbocycles. The molecule has 1 aliphatic heterocycles. The van der Waals surface area contributed by atoms with Crippen molar-refractivity contribution >= 4 is 28.9 Å². The van der Waals surface area contributed by atoms with Gasteiger partial charge in [-0.25, -0.2) is 0 Å². The predicted molar refractivity (Wildman–Crippen MR) is 229 cm³/mol. The summed E-state index contributed by atoms with van der Waals surface area (Å²) < 4.78 is 13.5. The quantitative estimate of drug-likeness (QED) is 0.0449. The molecule has 1 fully saturated rings. The molecule has 3 aromatic carbocycles. The molecule has 0 aliphatic carbocycles. The Morgan fingerprint density at radius 2 is 1.30 bits per heavy atom. The molecule has 0 spiro atoms. The van der Waals surface area contributed by atoms with E-state index in [1.54, 1.807) is 12.1 Å². The lowest BCUT2D eigenvalue weighted by Crippen LogP contribution is -2.40. The normalized spacial score (nSPS) is 16.9. The van der Waals surface area contributed by atoms with Gasteiger partial charge in [0.15, 0.2) is 6.29 Å². The lowest BCUT2D eigenvalue weighted by molar-refractivity contribution is -0.253. The van der Waals surface area contributed by atoms with Gasteiger partial charge >= 0.3 is 0 Å². The number of nitrogen functional groups attached to an aromatic ring is 1. The van der Waals surface area contributed by atoms with Gasteiger partial charge in [0.05, 0.1) is 30.2 Å². The van der Waals surface area contributed by atoms with Crippen molar-refractivity contribution in [1.82, 2.24) is 4.90 Å². The first-order valence-electron chi connectivity index (χ1n) is 21.7. The van der Waals surface area contributed by atoms with Crippen molar-refractivity contribution in [1.29, 1.82) is 0 Å². The SMILES string of the molecule is CCCCCCCCN(CCCCCCCC)C[C@@H]1C[C@H](c2ccc(CO)cc2)O[C@H](c2cccc(NC(=O)CCCCCC(=O)Nc3ccccc3N)c2)O1. The molecule has 1 heterocycles. The van der Waals surface area contributed by atoms with E-state index in [1.807, 2.05) is 48.5 Å². The molecule has 1 saturated heterocycles. The van der Waals surface area contributed by atoms with Crippen LogP contribution in [-0.2, 0) is 25.7 Å². The number of nitrogens with one attached hydrogen (secondary N) is 2. The average molecular weight is 771 g/mol. The van der Waals surface area contributed by atoms with E-state index in [4.69, 9.17) is 15.2 Å². The van der Waals surface area contributed by atoms with Crippen LogP contribution in [0.2, 0.25) is 0 Å². The Morgan fingerprint density at radius 1 is 0.696 bits per heavy atom. The maximum atomic E-state index is 13.0. The van der Waals surface area contributed by atoms with Gasteiger partial charge in [0, 0.05) is 37.1 Å². The molecule has 3 atom stereocenters. The van der Waals surface area contributed by atoms with E-state index in [0.29, 0.717) is 42.7 Å². The molecular formula is C47H70N4O5. The number of hydrogen-bond acceptors (Lipinski definition) is 7. The molecule has 0 aromatic heterocycles. The summed E-state index contributed by atoms with van der Waals surface area (Å²) in [5, 5.41) is 15.6. The number of nitrogens with two attached hydrogens (primary N) is 1. The molecule has 1 aliphatic rings. The van der Waals surface area contributed by atoms with Crippen molar-refractivity contribution in [3.05, 3.63) is 89.5 Å². The number of unbranched alkanes of at least 4 members (excludes halogenated alkanes) is 12. The highest BCUT2D eigenvalue weighted by Crippen LogP contribution is 2.39. The van der Waals surface area contributed by atoms with Crippen LogP contribution in [0.4, 0.5) is 17.1 Å². The van der Waals surface area contributed by atoms with Gasteiger partial charge in [-0.05, 0) is 74.2 Å². The Morgan fingerprint density at radius 3 is 1.95 bits per heavy atom. The van der Waals surface area contributed by atoms with Crippen LogP contribution in [0.15, 0.2) is 72.8 Å². The van der Waals surface area contributed by atoms with Gasteiger partial charge in [-0.3, -0.25) is 9.59 Å². The molecular weight excluding hydrogens is 701 g/mol. The summed E-state index contributed by atoms with van der Waals surface area (Å²) in [6.07, 6.45) is 18.2. The number of aliphatic hydroxyl groups excluding tert-OH is 1. The van der Waals surface area contributed by atoms with E-state index in [1.165, 1.54) is 77.0 Å². The number of anilines is 3. The maximum absolute atomic E-state index is 13.0. The maximum Gasteiger partial charge on any atom is 0.224 e. The Hall–Kier alpha value is -3.76. The fraction of sp³-hybridized carbons (Fsp3) is 0.574. The van der Waals surface area contributed by atoms with E-state index in [-0.39, 0.29) is 30.6 Å². The van der Waals surface area contributed by atoms with Crippen molar-refractivity contribution in [2.75, 3.05) is 36.0 Å². The predicted octanol–water partition coefficient (Wildman–Crippen LogP) is 10.9. The van der Waals surface area contributed by atoms with E-state index in [0.717, 1.165) is 49.2 Å². The Kier molecular flexibility index (Phi) is 21.0. The average Bonchev–Trinajstić information content (AvgIpc) is 3.21. The zero-order valence-electron chi connectivity index (χ0n) is 34.3. The lowest BCUT2D eigenvalue weighted by Gasteiger charge is -2.38. The van der Waals surface area contributed by atoms with Crippen molar-refractivity contribution in [2.24, 2.45) is 0 Å². The highest BCUT2D eigenvalue weighted by Gasteiger charge is 2.33. The Bertz CT molecular complexity index is 1530. The summed E-state index contributed by atoms with van der Waals surface area (Å²) in [7, 11) is 0. The zero-order valence-corrected chi connectivity index (χ0v) is 34.3. The smallest absolute Gasteiger partial charge is 0.224 e. The van der Waals surface area contributed by atoms with Crippen LogP contribution >= 0.6 is 0 Å². The highest BCUT2D eigenvalue weighted by molar-refractivity contribution is 5.93. The van der Waals surface area contributed by atoms with Gasteiger partial charge in [0.1, 0.15) is 0 Å². The molecule has 0 unspecified atom stereocenters. The molecule has 4 rings (SSSR count). The Balaban J connectivity index is 1.35. The molecule has 56 heavy (non-hydrogen) atoms. The minimum atomic E-state index is -0.588. The number of benzene rings is 3. The summed E-state index contributed by atoms with van der Waals surface area (Å²) in [5.74, 6) is -0.139. The third-order valence-electron chi connectivity index (χ3n) is 10.7. The van der Waals surface area contributed by atoms with Crippen LogP contribution in [0.1, 0.15) is 159 Å². The minimum absolute atomic E-state index is 0.00632. The molecule has 3 aromatic rings. The zero-order chi connectivity index (χ0) is 39.8. The van der Waals surface area contributed by atoms with Crippen LogP contribution in [0.25, 0.3) is 0 Å². The number of amides is 2. The molecule has 2 amide bonds. The minimum Gasteiger partial charge on any atom is -0.397 e. The van der Waals surface area contributed by atoms with Gasteiger partial charge in [-0.2, -0.15) is 0 Å². The van der Waals surface area contributed by atoms with Gasteiger partial charge < -0.3 is 35.8 Å². The summed E-state index contributed by atoms with van der Waals surface area (Å²) in [4.78, 5) is 27.9. The first-order chi connectivity index (χ1) is 27.4. The largest absolute Gasteiger partial charge is 0.397 e. The van der Waals surface area contributed by atoms with Crippen molar-refractivity contribution in [3.8, 4) is 0 Å². The third kappa shape index (κ3) is 16.8. The van der Waals surface area contributed by atoms with Crippen LogP contribution < -0.4 is 16.4 Å². The summed E-state index contributed by atoms with van der Waals surface area (Å²) >= 11 is 0. The fourth-order valence-electron chi connectivity index (χ4n) is 7.40. The number of carbonyl (C=O) groups is 2. The number of nitrogens with zero attached hydrogens (tertiary/aromatic N) is 1. The highest BCUT2D eigenvalue weighted by atomic mass is 16.7. The topological polar surface area (TPSA) is 126 Å². The van der Waals surface area contributed by atoms with Crippen LogP contribution in [0, 0.1) is 0 Å². The van der Waals surface area contributed by atoms with Gasteiger partial charge in [0.25, 0.3) is 0 Å². The number of carbonyl (C=O) groups excluding carboxylic acids is 2. The molecule has 9 nitrogen and oxygen atoms in total. The number of para-hydroxylation sites is 2. The van der Waals surface area contributed by atoms with Crippen molar-refractivity contribution in [3.63, 3.8) is 0 Å². The van der Waals surface area contributed by atoms with E-state index in [2.05, 4.69) is 41.5 Å². The van der Waals surface area contributed by atoms with Crippen LogP contribution in [0.3, 0.4) is 0 Å². The van der Waals surface area contributed by atoms with E-state index in [9.17, 15) is 14.7 Å². The molecule has 0 radical (unpaired) electrons. The third-order valence-corrected chi connectivity index (χ3v) is 10.7. The summed E-state index contributed by atoms with van der Waals surface area (Å²) in [5.41, 5.74) is 10.6. The van der Waals surface area contributed by atoms with Gasteiger partial charge in [0.2, 0.25) is 11.8 Å². The van der Waals surface area contributed by atoms with E-state index >= 15 is 0 Å². The lowest BCUT2D eigenvalue weighted by atomic mass is 9.99. The first-order valence-corrected chi connectivity index (χ1v) is 21.7. The monoisotopic (exact) mass is 771 g/mol. The second-order valence-electron chi connectivity index (χ2n) is 15.6. The second kappa shape index (κ2) is 26.2. The molecule has 0 bridgehead atoms. The fourth-order valence-corrected chi connectivity index (χ4v) is 7.40. The number of aliphatic hydroxyl groups is 1. The number of ether oxygens (including phenoxy) is 2. The molecule has 5 N–H and O–H groups in total. The van der Waals surface area contributed by atoms with E-state index < -0.39 is 6.29 Å². The molecule has 308 valence electrons. The molecule has 9 heteroatoms. The number of rotatable bonds is 27. The summed E-state index contributed by atoms with van der Waals surface area (Å²) in [6.45, 7) is 7.56. The van der Waals surface area contributed by atoms with Gasteiger partial charge in [-0.1, -0.05) is 133 Å². The number of hydrogen-bond donors (Lipinski definition) is 4. The van der Waals surface area contributed by atoms with Crippen LogP contribution in [0.5, 0.6) is 0 Å². The first kappa shape index (κ1) is 44.9. The van der Waals surface area contributed by atoms with Crippen molar-refractivity contribution in [2.45, 2.75) is 155 Å². The summed E-state index contributed by atoms with van der Waals surface area (Å²) in [6, 6.07) is 23.1. The standard InChI is InChI=1S/C47H70N4O5/c1-3-5-7-9-11-18-31-51(32-19-12-10-8-6-4-2)35-41-34-44(38-29-27-37(36-52)28-30-38)56-47(55-41)39-21-20-22-40(33-39)49-45(53)25-14-13-15-26-46(54)50-43-24-17-16-23-42(43)48/h16-17,20-24,27-30,33,41,44,47,52H,3-15,18-19,25-26,31-32,34-36,48H2,1-2H3,(H,49,53)(H,50,54)/t41-,44+,47+/m0/s1.